The highest BCUT2D eigenvalue weighted by Crippen LogP contribution is 2.09. The Bertz CT molecular complexity index is 394. The minimum absolute atomic E-state index is 0.140. The average molecular weight is 250 g/mol. The number of hydrogen-bond donors (Lipinski definition) is 2. The van der Waals surface area contributed by atoms with Crippen LogP contribution in [0.4, 0.5) is 0 Å². The van der Waals surface area contributed by atoms with Crippen molar-refractivity contribution in [2.24, 2.45) is 5.84 Å². The van der Waals surface area contributed by atoms with Gasteiger partial charge in [-0.3, -0.25) is 20.1 Å². The van der Waals surface area contributed by atoms with Crippen molar-refractivity contribution < 1.29 is 4.79 Å². The van der Waals surface area contributed by atoms with Crippen molar-refractivity contribution >= 4 is 5.91 Å². The molecule has 0 aromatic carbocycles. The van der Waals surface area contributed by atoms with Crippen LogP contribution in [0.25, 0.3) is 0 Å². The zero-order valence-corrected chi connectivity index (χ0v) is 11.3. The highest BCUT2D eigenvalue weighted by molar-refractivity contribution is 5.75. The van der Waals surface area contributed by atoms with Gasteiger partial charge in [-0.2, -0.15) is 0 Å². The predicted octanol–water partition coefficient (Wildman–Crippen LogP) is 0.980. The van der Waals surface area contributed by atoms with Crippen LogP contribution in [0, 0.1) is 6.92 Å². The molecular formula is C13H22N4O. The number of carbonyl (C=O) groups is 1. The van der Waals surface area contributed by atoms with Gasteiger partial charge in [0.25, 0.3) is 0 Å². The van der Waals surface area contributed by atoms with E-state index in [4.69, 9.17) is 5.84 Å². The van der Waals surface area contributed by atoms with Crippen LogP contribution in [-0.4, -0.2) is 28.4 Å². The van der Waals surface area contributed by atoms with Gasteiger partial charge in [0.15, 0.2) is 0 Å². The second-order valence-electron chi connectivity index (χ2n) is 4.45. The highest BCUT2D eigenvalue weighted by atomic mass is 16.2. The number of nitrogens with two attached hydrogens (primary N) is 1. The molecule has 0 aliphatic heterocycles. The largest absolute Gasteiger partial charge is 0.295 e. The van der Waals surface area contributed by atoms with Crippen LogP contribution in [0.1, 0.15) is 31.7 Å². The van der Waals surface area contributed by atoms with Gasteiger partial charge in [-0.25, -0.2) is 5.84 Å². The van der Waals surface area contributed by atoms with E-state index in [0.29, 0.717) is 6.42 Å². The summed E-state index contributed by atoms with van der Waals surface area (Å²) >= 11 is 0. The molecule has 0 radical (unpaired) electrons. The molecule has 0 aliphatic rings. The molecule has 0 aliphatic carbocycles. The summed E-state index contributed by atoms with van der Waals surface area (Å²) in [6.07, 6.45) is 0.399. The van der Waals surface area contributed by atoms with Crippen molar-refractivity contribution in [2.45, 2.75) is 39.8 Å². The number of aryl methyl sites for hydroxylation is 1. The van der Waals surface area contributed by atoms with Gasteiger partial charge in [-0.1, -0.05) is 13.0 Å². The van der Waals surface area contributed by atoms with Crippen molar-refractivity contribution in [2.75, 3.05) is 6.54 Å². The quantitative estimate of drug-likeness (QED) is 0.448. The van der Waals surface area contributed by atoms with Crippen molar-refractivity contribution in [3.63, 3.8) is 0 Å². The Labute approximate surface area is 108 Å². The van der Waals surface area contributed by atoms with Crippen LogP contribution in [0.5, 0.6) is 0 Å². The minimum Gasteiger partial charge on any atom is -0.295 e. The maximum atomic E-state index is 11.3. The monoisotopic (exact) mass is 250 g/mol. The van der Waals surface area contributed by atoms with E-state index in [1.165, 1.54) is 0 Å². The van der Waals surface area contributed by atoms with Gasteiger partial charge < -0.3 is 0 Å². The first kappa shape index (κ1) is 14.6. The predicted molar refractivity (Wildman–Crippen MR) is 71.5 cm³/mol. The number of hydrogen-bond acceptors (Lipinski definition) is 4. The lowest BCUT2D eigenvalue weighted by atomic mass is 10.2. The molecule has 5 nitrogen and oxygen atoms in total. The molecule has 0 spiro atoms. The summed E-state index contributed by atoms with van der Waals surface area (Å²) in [5.41, 5.74) is 4.20. The van der Waals surface area contributed by atoms with E-state index in [-0.39, 0.29) is 11.9 Å². The zero-order chi connectivity index (χ0) is 13.5. The van der Waals surface area contributed by atoms with Gasteiger partial charge in [0, 0.05) is 24.7 Å². The number of pyridine rings is 1. The Morgan fingerprint density at radius 3 is 2.83 bits per heavy atom. The molecule has 1 heterocycles. The molecule has 1 aromatic rings. The first-order valence-corrected chi connectivity index (χ1v) is 6.22. The van der Waals surface area contributed by atoms with E-state index in [2.05, 4.69) is 22.2 Å². The molecule has 1 aromatic heterocycles. The molecule has 18 heavy (non-hydrogen) atoms. The molecule has 0 bridgehead atoms. The van der Waals surface area contributed by atoms with E-state index in [1.54, 1.807) is 0 Å². The number of aromatic nitrogens is 1. The summed E-state index contributed by atoms with van der Waals surface area (Å²) in [6.45, 7) is 7.69. The molecule has 1 atom stereocenters. The van der Waals surface area contributed by atoms with Gasteiger partial charge in [0.2, 0.25) is 5.91 Å². The lowest BCUT2D eigenvalue weighted by Crippen LogP contribution is -2.39. The summed E-state index contributed by atoms with van der Waals surface area (Å²) < 4.78 is 0. The Morgan fingerprint density at radius 1 is 1.56 bits per heavy atom. The van der Waals surface area contributed by atoms with Crippen molar-refractivity contribution in [3.8, 4) is 0 Å². The van der Waals surface area contributed by atoms with Gasteiger partial charge in [0.05, 0.1) is 5.69 Å². The topological polar surface area (TPSA) is 71.2 Å². The van der Waals surface area contributed by atoms with Gasteiger partial charge in [-0.15, -0.1) is 0 Å². The molecule has 1 unspecified atom stereocenters. The fourth-order valence-corrected chi connectivity index (χ4v) is 1.93. The Hall–Kier alpha value is -1.46. The third kappa shape index (κ3) is 4.43. The van der Waals surface area contributed by atoms with Crippen molar-refractivity contribution in [3.05, 3.63) is 29.6 Å². The van der Waals surface area contributed by atoms with E-state index in [0.717, 1.165) is 24.5 Å². The second-order valence-corrected chi connectivity index (χ2v) is 4.45. The summed E-state index contributed by atoms with van der Waals surface area (Å²) in [6, 6.07) is 6.13. The third-order valence-corrected chi connectivity index (χ3v) is 2.98. The number of nitrogens with zero attached hydrogens (tertiary/aromatic N) is 2. The zero-order valence-electron chi connectivity index (χ0n) is 11.3. The molecule has 0 saturated heterocycles. The van der Waals surface area contributed by atoms with E-state index < -0.39 is 0 Å². The molecule has 3 N–H and O–H groups in total. The van der Waals surface area contributed by atoms with Crippen LogP contribution in [0.15, 0.2) is 18.2 Å². The molecule has 1 amide bonds. The molecule has 5 heteroatoms. The number of rotatable bonds is 6. The maximum Gasteiger partial charge on any atom is 0.235 e. The number of amides is 1. The molecule has 100 valence electrons. The highest BCUT2D eigenvalue weighted by Gasteiger charge is 2.16. The van der Waals surface area contributed by atoms with Crippen LogP contribution >= 0.6 is 0 Å². The van der Waals surface area contributed by atoms with E-state index >= 15 is 0 Å². The fraction of sp³-hybridized carbons (Fsp3) is 0.538. The van der Waals surface area contributed by atoms with Crippen LogP contribution < -0.4 is 11.3 Å². The van der Waals surface area contributed by atoms with Crippen LogP contribution in [0.2, 0.25) is 0 Å². The second kappa shape index (κ2) is 7.08. The summed E-state index contributed by atoms with van der Waals surface area (Å²) in [5, 5.41) is 0. The lowest BCUT2D eigenvalue weighted by molar-refractivity contribution is -0.122. The van der Waals surface area contributed by atoms with Gasteiger partial charge in [0.1, 0.15) is 0 Å². The summed E-state index contributed by atoms with van der Waals surface area (Å²) in [7, 11) is 0. The summed E-state index contributed by atoms with van der Waals surface area (Å²) in [5.74, 6) is 4.96. The Balaban J connectivity index is 2.63. The first-order chi connectivity index (χ1) is 8.56. The van der Waals surface area contributed by atoms with E-state index in [1.807, 2.05) is 32.0 Å². The van der Waals surface area contributed by atoms with Crippen LogP contribution in [-0.2, 0) is 11.3 Å². The number of hydrazine groups is 1. The van der Waals surface area contributed by atoms with Crippen LogP contribution in [0.3, 0.4) is 0 Å². The maximum absolute atomic E-state index is 11.3. The van der Waals surface area contributed by atoms with Crippen molar-refractivity contribution in [1.29, 1.82) is 0 Å². The normalized spacial score (nSPS) is 12.5. The standard InChI is InChI=1S/C13H22N4O/c1-4-17(11(3)8-13(18)16-14)9-12-7-5-6-10(2)15-12/h5-7,11H,4,8-9,14H2,1-3H3,(H,16,18). The first-order valence-electron chi connectivity index (χ1n) is 6.22. The SMILES string of the molecule is CCN(Cc1cccc(C)n1)C(C)CC(=O)NN. The molecular weight excluding hydrogens is 228 g/mol. The molecule has 0 fully saturated rings. The van der Waals surface area contributed by atoms with E-state index in [9.17, 15) is 4.79 Å². The smallest absolute Gasteiger partial charge is 0.235 e. The molecule has 1 rings (SSSR count). The number of carbonyl (C=O) groups excluding carboxylic acids is 1. The summed E-state index contributed by atoms with van der Waals surface area (Å²) in [4.78, 5) is 18.0. The van der Waals surface area contributed by atoms with Gasteiger partial charge in [-0.05, 0) is 32.5 Å². The minimum atomic E-state index is -0.141. The molecule has 0 saturated carbocycles. The Morgan fingerprint density at radius 2 is 2.28 bits per heavy atom. The van der Waals surface area contributed by atoms with Crippen molar-refractivity contribution in [1.82, 2.24) is 15.3 Å². The Kier molecular flexibility index (Phi) is 5.74. The fourth-order valence-electron chi connectivity index (χ4n) is 1.93. The number of nitrogens with one attached hydrogen (secondary N) is 1. The van der Waals surface area contributed by atoms with Gasteiger partial charge >= 0.3 is 0 Å². The lowest BCUT2D eigenvalue weighted by Gasteiger charge is -2.26. The third-order valence-electron chi connectivity index (χ3n) is 2.98. The average Bonchev–Trinajstić information content (AvgIpc) is 2.35.